The maximum absolute atomic E-state index is 12.8. The fraction of sp³-hybridized carbons (Fsp3) is 0.273. The van der Waals surface area contributed by atoms with Gasteiger partial charge in [0.15, 0.2) is 0 Å². The minimum absolute atomic E-state index is 0.00936. The molecule has 0 N–H and O–H groups in total. The smallest absolute Gasteiger partial charge is 0.227 e. The standard InChI is InChI=1S/C22H20N4OS/c1-13-7-15(3-4-23-13)21-19-9-18-12-26(14(2)22-24-5-6-28-22)20(27)10-16(18)8-17(19)11-25-21/h3-9,14H,10-12H2,1-2H3. The van der Waals surface area contributed by atoms with Crippen molar-refractivity contribution in [2.24, 2.45) is 4.99 Å². The summed E-state index contributed by atoms with van der Waals surface area (Å²) in [5.74, 6) is 0.166. The van der Waals surface area contributed by atoms with Gasteiger partial charge < -0.3 is 4.90 Å². The number of hydrogen-bond acceptors (Lipinski definition) is 5. The van der Waals surface area contributed by atoms with Crippen molar-refractivity contribution in [2.45, 2.75) is 39.4 Å². The van der Waals surface area contributed by atoms with Crippen LogP contribution in [-0.2, 0) is 24.3 Å². The lowest BCUT2D eigenvalue weighted by Crippen LogP contribution is -2.38. The van der Waals surface area contributed by atoms with Crippen LogP contribution in [0.4, 0.5) is 0 Å². The topological polar surface area (TPSA) is 58.5 Å². The summed E-state index contributed by atoms with van der Waals surface area (Å²) in [6.45, 7) is 5.34. The van der Waals surface area contributed by atoms with E-state index in [0.29, 0.717) is 19.5 Å². The molecule has 3 aromatic rings. The first-order valence-electron chi connectivity index (χ1n) is 9.41. The molecule has 0 aliphatic carbocycles. The predicted octanol–water partition coefficient (Wildman–Crippen LogP) is 3.84. The zero-order valence-electron chi connectivity index (χ0n) is 15.8. The molecule has 1 unspecified atom stereocenters. The molecule has 6 heteroatoms. The Morgan fingerprint density at radius 1 is 1.11 bits per heavy atom. The van der Waals surface area contributed by atoms with E-state index in [0.717, 1.165) is 27.5 Å². The van der Waals surface area contributed by atoms with Crippen molar-refractivity contribution >= 4 is 23.0 Å². The number of hydrogen-bond donors (Lipinski definition) is 0. The summed E-state index contributed by atoms with van der Waals surface area (Å²) >= 11 is 1.60. The van der Waals surface area contributed by atoms with Crippen LogP contribution in [0, 0.1) is 6.92 Å². The Morgan fingerprint density at radius 3 is 2.79 bits per heavy atom. The fourth-order valence-electron chi connectivity index (χ4n) is 4.06. The molecule has 2 aliphatic rings. The maximum atomic E-state index is 12.8. The monoisotopic (exact) mass is 388 g/mol. The molecule has 0 saturated heterocycles. The number of thiazole rings is 1. The summed E-state index contributed by atoms with van der Waals surface area (Å²) in [4.78, 5) is 28.2. The number of benzene rings is 1. The van der Waals surface area contributed by atoms with Crippen LogP contribution < -0.4 is 0 Å². The fourth-order valence-corrected chi connectivity index (χ4v) is 4.76. The van der Waals surface area contributed by atoms with Gasteiger partial charge >= 0.3 is 0 Å². The third kappa shape index (κ3) is 2.85. The van der Waals surface area contributed by atoms with E-state index in [1.165, 1.54) is 16.7 Å². The molecule has 0 spiro atoms. The number of amides is 1. The zero-order chi connectivity index (χ0) is 19.3. The van der Waals surface area contributed by atoms with Gasteiger partial charge in [0, 0.05) is 41.1 Å². The van der Waals surface area contributed by atoms with E-state index in [2.05, 4.69) is 35.1 Å². The molecular formula is C22H20N4OS. The average Bonchev–Trinajstić information content (AvgIpc) is 3.35. The van der Waals surface area contributed by atoms with Crippen molar-refractivity contribution in [1.82, 2.24) is 14.9 Å². The zero-order valence-corrected chi connectivity index (χ0v) is 16.7. The quantitative estimate of drug-likeness (QED) is 0.685. The minimum Gasteiger partial charge on any atom is -0.329 e. The Hall–Kier alpha value is -2.86. The van der Waals surface area contributed by atoms with Gasteiger partial charge in [-0.15, -0.1) is 11.3 Å². The molecule has 0 fully saturated rings. The summed E-state index contributed by atoms with van der Waals surface area (Å²) in [6.07, 6.45) is 4.08. The number of aromatic nitrogens is 2. The van der Waals surface area contributed by atoms with E-state index in [9.17, 15) is 4.79 Å². The molecule has 2 aromatic heterocycles. The van der Waals surface area contributed by atoms with E-state index in [1.54, 1.807) is 17.5 Å². The highest BCUT2D eigenvalue weighted by atomic mass is 32.1. The molecule has 1 atom stereocenters. The summed E-state index contributed by atoms with van der Waals surface area (Å²) in [6, 6.07) is 8.50. The lowest BCUT2D eigenvalue weighted by Gasteiger charge is -2.33. The molecule has 28 heavy (non-hydrogen) atoms. The van der Waals surface area contributed by atoms with Crippen LogP contribution in [0.1, 0.15) is 51.5 Å². The number of nitrogens with zero attached hydrogens (tertiary/aromatic N) is 4. The van der Waals surface area contributed by atoms with Crippen molar-refractivity contribution < 1.29 is 4.79 Å². The van der Waals surface area contributed by atoms with Crippen LogP contribution in [0.3, 0.4) is 0 Å². The SMILES string of the molecule is Cc1cc(C2=NCc3cc4c(cc32)CN(C(C)c2nccs2)C(=O)C4)ccn1. The largest absolute Gasteiger partial charge is 0.329 e. The molecule has 140 valence electrons. The van der Waals surface area contributed by atoms with Crippen LogP contribution in [0.15, 0.2) is 47.0 Å². The van der Waals surface area contributed by atoms with Gasteiger partial charge in [-0.1, -0.05) is 6.07 Å². The number of aliphatic imine (C=N–C) groups is 1. The van der Waals surface area contributed by atoms with Gasteiger partial charge in [0.1, 0.15) is 5.01 Å². The first kappa shape index (κ1) is 17.3. The second-order valence-electron chi connectivity index (χ2n) is 7.37. The van der Waals surface area contributed by atoms with Gasteiger partial charge in [-0.2, -0.15) is 0 Å². The van der Waals surface area contributed by atoms with Crippen LogP contribution in [-0.4, -0.2) is 26.5 Å². The molecule has 0 radical (unpaired) electrons. The van der Waals surface area contributed by atoms with Crippen molar-refractivity contribution in [3.8, 4) is 0 Å². The Balaban J connectivity index is 1.50. The second-order valence-corrected chi connectivity index (χ2v) is 8.30. The van der Waals surface area contributed by atoms with Crippen LogP contribution >= 0.6 is 11.3 Å². The summed E-state index contributed by atoms with van der Waals surface area (Å²) in [5, 5.41) is 2.94. The molecule has 1 amide bonds. The first-order chi connectivity index (χ1) is 13.6. The van der Waals surface area contributed by atoms with Crippen LogP contribution in [0.2, 0.25) is 0 Å². The number of pyridine rings is 1. The second kappa shape index (κ2) is 6.63. The van der Waals surface area contributed by atoms with Crippen molar-refractivity contribution in [3.63, 3.8) is 0 Å². The summed E-state index contributed by atoms with van der Waals surface area (Å²) in [5.41, 5.74) is 7.85. The highest BCUT2D eigenvalue weighted by molar-refractivity contribution is 7.09. The van der Waals surface area contributed by atoms with Crippen molar-refractivity contribution in [3.05, 3.63) is 80.6 Å². The predicted molar refractivity (Wildman–Crippen MR) is 110 cm³/mol. The van der Waals surface area contributed by atoms with E-state index < -0.39 is 0 Å². The van der Waals surface area contributed by atoms with Gasteiger partial charge in [0.05, 0.1) is 24.7 Å². The molecule has 1 aromatic carbocycles. The van der Waals surface area contributed by atoms with E-state index >= 15 is 0 Å². The van der Waals surface area contributed by atoms with Gasteiger partial charge in [0.2, 0.25) is 5.91 Å². The Kier molecular flexibility index (Phi) is 4.09. The van der Waals surface area contributed by atoms with Gasteiger partial charge in [-0.3, -0.25) is 14.8 Å². The van der Waals surface area contributed by atoms with Crippen LogP contribution in [0.25, 0.3) is 0 Å². The van der Waals surface area contributed by atoms with Crippen LogP contribution in [0.5, 0.6) is 0 Å². The third-order valence-electron chi connectivity index (χ3n) is 5.54. The number of carbonyl (C=O) groups is 1. The number of fused-ring (bicyclic) bond motifs is 2. The molecule has 4 heterocycles. The number of carbonyl (C=O) groups excluding carboxylic acids is 1. The normalized spacial score (nSPS) is 16.6. The van der Waals surface area contributed by atoms with Gasteiger partial charge in [0.25, 0.3) is 0 Å². The number of rotatable bonds is 3. The van der Waals surface area contributed by atoms with Crippen molar-refractivity contribution in [2.75, 3.05) is 0 Å². The van der Waals surface area contributed by atoms with Gasteiger partial charge in [-0.05, 0) is 48.7 Å². The number of aryl methyl sites for hydroxylation is 1. The Labute approximate surface area is 167 Å². The van der Waals surface area contributed by atoms with Gasteiger partial charge in [-0.25, -0.2) is 4.98 Å². The third-order valence-corrected chi connectivity index (χ3v) is 6.48. The minimum atomic E-state index is -0.00936. The molecular weight excluding hydrogens is 368 g/mol. The lowest BCUT2D eigenvalue weighted by molar-refractivity contribution is -0.134. The lowest BCUT2D eigenvalue weighted by atomic mass is 9.90. The molecule has 2 aliphatic heterocycles. The maximum Gasteiger partial charge on any atom is 0.227 e. The first-order valence-corrected chi connectivity index (χ1v) is 10.3. The summed E-state index contributed by atoms with van der Waals surface area (Å²) < 4.78 is 0. The van der Waals surface area contributed by atoms with E-state index in [1.807, 2.05) is 29.5 Å². The summed E-state index contributed by atoms with van der Waals surface area (Å²) in [7, 11) is 0. The molecule has 0 saturated carbocycles. The molecule has 5 nitrogen and oxygen atoms in total. The average molecular weight is 388 g/mol. The Bertz CT molecular complexity index is 1100. The molecule has 5 rings (SSSR count). The highest BCUT2D eigenvalue weighted by Crippen LogP contribution is 2.33. The Morgan fingerprint density at radius 2 is 2.00 bits per heavy atom. The molecule has 0 bridgehead atoms. The van der Waals surface area contributed by atoms with E-state index in [-0.39, 0.29) is 11.9 Å². The van der Waals surface area contributed by atoms with Crippen molar-refractivity contribution in [1.29, 1.82) is 0 Å². The highest BCUT2D eigenvalue weighted by Gasteiger charge is 2.30. The van der Waals surface area contributed by atoms with E-state index in [4.69, 9.17) is 4.99 Å².